The summed E-state index contributed by atoms with van der Waals surface area (Å²) < 4.78 is 13.3. The summed E-state index contributed by atoms with van der Waals surface area (Å²) in [4.78, 5) is 8.47. The number of hydrogen-bond acceptors (Lipinski definition) is 3. The third kappa shape index (κ3) is 5.35. The summed E-state index contributed by atoms with van der Waals surface area (Å²) in [6, 6.07) is 8.18. The van der Waals surface area contributed by atoms with Gasteiger partial charge in [0.1, 0.15) is 17.3 Å². The average molecular weight is 362 g/mol. The number of pyridine rings is 1. The molecule has 0 atom stereocenters. The van der Waals surface area contributed by atoms with E-state index < -0.39 is 0 Å². The molecule has 0 amide bonds. The zero-order valence-electron chi connectivity index (χ0n) is 15.8. The average Bonchev–Trinajstić information content (AvgIpc) is 2.64. The van der Waals surface area contributed by atoms with E-state index in [-0.39, 0.29) is 16.9 Å². The molecule has 0 radical (unpaired) electrons. The number of nitrogens with zero attached hydrogens (tertiary/aromatic N) is 2. The summed E-state index contributed by atoms with van der Waals surface area (Å²) in [6.07, 6.45) is 9.98. The monoisotopic (exact) mass is 362 g/mol. The van der Waals surface area contributed by atoms with Gasteiger partial charge in [-0.1, -0.05) is 25.8 Å². The van der Waals surface area contributed by atoms with E-state index in [4.69, 9.17) is 17.6 Å². The van der Waals surface area contributed by atoms with E-state index in [1.54, 1.807) is 36.5 Å². The Morgan fingerprint density at radius 1 is 1.33 bits per heavy atom. The standard InChI is InChI=1S/C22H23FN4/c1-5-18-8-6-16(13-26-18)20(24)10-11-21(25)27-14-22(3,4)19-9-7-17(23)12-15(19)2/h1,6-13,24H,14H2,2-4H3,(H2,25,27)/b11-10-,24-20?. The van der Waals surface area contributed by atoms with Crippen LogP contribution in [0.4, 0.5) is 4.39 Å². The molecule has 4 nitrogen and oxygen atoms in total. The second-order valence-electron chi connectivity index (χ2n) is 6.91. The maximum absolute atomic E-state index is 13.3. The fourth-order valence-corrected chi connectivity index (χ4v) is 2.72. The number of hydrogen-bond donors (Lipinski definition) is 2. The molecular weight excluding hydrogens is 339 g/mol. The molecule has 0 unspecified atom stereocenters. The van der Waals surface area contributed by atoms with Crippen LogP contribution in [0.2, 0.25) is 0 Å². The van der Waals surface area contributed by atoms with Crippen molar-refractivity contribution in [1.82, 2.24) is 4.98 Å². The lowest BCUT2D eigenvalue weighted by Crippen LogP contribution is -2.24. The fourth-order valence-electron chi connectivity index (χ4n) is 2.72. The first-order valence-electron chi connectivity index (χ1n) is 8.49. The molecule has 0 saturated heterocycles. The van der Waals surface area contributed by atoms with Gasteiger partial charge in [-0.15, -0.1) is 6.42 Å². The van der Waals surface area contributed by atoms with Gasteiger partial charge in [0.15, 0.2) is 0 Å². The molecule has 1 aromatic carbocycles. The van der Waals surface area contributed by atoms with Crippen LogP contribution in [0, 0.1) is 30.5 Å². The van der Waals surface area contributed by atoms with E-state index in [9.17, 15) is 4.39 Å². The molecular formula is C22H23FN4. The normalized spacial score (nSPS) is 12.2. The van der Waals surface area contributed by atoms with E-state index in [1.807, 2.05) is 20.8 Å². The van der Waals surface area contributed by atoms with Crippen LogP contribution in [0.5, 0.6) is 0 Å². The lowest BCUT2D eigenvalue weighted by molar-refractivity contribution is 0.534. The zero-order chi connectivity index (χ0) is 20.0. The molecule has 0 aliphatic carbocycles. The quantitative estimate of drug-likeness (QED) is 0.466. The van der Waals surface area contributed by atoms with Gasteiger partial charge in [-0.25, -0.2) is 9.37 Å². The maximum atomic E-state index is 13.3. The summed E-state index contributed by atoms with van der Waals surface area (Å²) >= 11 is 0. The van der Waals surface area contributed by atoms with E-state index in [0.29, 0.717) is 23.6 Å². The highest BCUT2D eigenvalue weighted by atomic mass is 19.1. The highest BCUT2D eigenvalue weighted by Gasteiger charge is 2.22. The van der Waals surface area contributed by atoms with Crippen molar-refractivity contribution in [2.45, 2.75) is 26.2 Å². The number of amidine groups is 1. The molecule has 0 aliphatic rings. The van der Waals surface area contributed by atoms with Crippen LogP contribution in [-0.4, -0.2) is 23.1 Å². The van der Waals surface area contributed by atoms with Crippen molar-refractivity contribution in [3.05, 3.63) is 76.9 Å². The van der Waals surface area contributed by atoms with Crippen LogP contribution in [0.15, 0.2) is 53.7 Å². The molecule has 0 fully saturated rings. The van der Waals surface area contributed by atoms with Gasteiger partial charge in [-0.05, 0) is 54.5 Å². The Hall–Kier alpha value is -3.26. The van der Waals surface area contributed by atoms with Crippen molar-refractivity contribution >= 4 is 11.5 Å². The summed E-state index contributed by atoms with van der Waals surface area (Å²) in [5.74, 6) is 2.51. The summed E-state index contributed by atoms with van der Waals surface area (Å²) in [7, 11) is 0. The van der Waals surface area contributed by atoms with E-state index in [0.717, 1.165) is 11.1 Å². The highest BCUT2D eigenvalue weighted by Crippen LogP contribution is 2.27. The van der Waals surface area contributed by atoms with Crippen molar-refractivity contribution < 1.29 is 4.39 Å². The first kappa shape index (κ1) is 20.1. The van der Waals surface area contributed by atoms with Crippen molar-refractivity contribution in [3.63, 3.8) is 0 Å². The summed E-state index contributed by atoms with van der Waals surface area (Å²) in [5.41, 5.74) is 9.00. The SMILES string of the molecule is C#Cc1ccc(C(=N)/C=C\C(N)=NCC(C)(C)c2ccc(F)cc2C)cn1. The Labute approximate surface area is 159 Å². The van der Waals surface area contributed by atoms with Crippen LogP contribution < -0.4 is 5.73 Å². The van der Waals surface area contributed by atoms with Gasteiger partial charge in [-0.3, -0.25) is 4.99 Å². The van der Waals surface area contributed by atoms with Gasteiger partial charge >= 0.3 is 0 Å². The van der Waals surface area contributed by atoms with Gasteiger partial charge in [0.05, 0.1) is 12.3 Å². The van der Waals surface area contributed by atoms with E-state index in [1.165, 1.54) is 12.1 Å². The minimum Gasteiger partial charge on any atom is -0.384 e. The Kier molecular flexibility index (Phi) is 6.25. The number of rotatable bonds is 6. The first-order chi connectivity index (χ1) is 12.7. The number of nitrogens with two attached hydrogens (primary N) is 1. The van der Waals surface area contributed by atoms with Crippen molar-refractivity contribution in [1.29, 1.82) is 5.41 Å². The number of allylic oxidation sites excluding steroid dienone is 1. The Bertz CT molecular complexity index is 932. The maximum Gasteiger partial charge on any atom is 0.123 e. The van der Waals surface area contributed by atoms with Gasteiger partial charge in [0.25, 0.3) is 0 Å². The van der Waals surface area contributed by atoms with E-state index in [2.05, 4.69) is 15.9 Å². The van der Waals surface area contributed by atoms with Crippen LogP contribution >= 0.6 is 0 Å². The number of nitrogens with one attached hydrogen (secondary N) is 1. The molecule has 3 N–H and O–H groups in total. The van der Waals surface area contributed by atoms with Crippen molar-refractivity contribution in [2.24, 2.45) is 10.7 Å². The molecule has 2 rings (SSSR count). The lowest BCUT2D eigenvalue weighted by Gasteiger charge is -2.25. The van der Waals surface area contributed by atoms with Crippen molar-refractivity contribution in [2.75, 3.05) is 6.54 Å². The number of terminal acetylenes is 1. The number of benzene rings is 1. The largest absolute Gasteiger partial charge is 0.384 e. The molecule has 138 valence electrons. The Morgan fingerprint density at radius 2 is 2.07 bits per heavy atom. The second kappa shape index (κ2) is 8.41. The predicted molar refractivity (Wildman–Crippen MR) is 109 cm³/mol. The number of aliphatic imine (C=N–C) groups is 1. The third-order valence-electron chi connectivity index (χ3n) is 4.22. The van der Waals surface area contributed by atoms with Gasteiger partial charge < -0.3 is 11.1 Å². The van der Waals surface area contributed by atoms with Gasteiger partial charge in [0.2, 0.25) is 0 Å². The number of aryl methyl sites for hydroxylation is 1. The number of aromatic nitrogens is 1. The molecule has 2 aromatic rings. The Morgan fingerprint density at radius 3 is 2.67 bits per heavy atom. The molecule has 1 aromatic heterocycles. The molecule has 0 bridgehead atoms. The molecule has 0 aliphatic heterocycles. The molecule has 0 saturated carbocycles. The molecule has 0 spiro atoms. The smallest absolute Gasteiger partial charge is 0.123 e. The van der Waals surface area contributed by atoms with Crippen LogP contribution in [-0.2, 0) is 5.41 Å². The van der Waals surface area contributed by atoms with Gasteiger partial charge in [-0.2, -0.15) is 0 Å². The minimum atomic E-state index is -0.293. The molecule has 5 heteroatoms. The predicted octanol–water partition coefficient (Wildman–Crippen LogP) is 3.77. The zero-order valence-corrected chi connectivity index (χ0v) is 15.8. The summed E-state index contributed by atoms with van der Waals surface area (Å²) in [5, 5.41) is 8.06. The second-order valence-corrected chi connectivity index (χ2v) is 6.91. The van der Waals surface area contributed by atoms with Crippen LogP contribution in [0.1, 0.15) is 36.2 Å². The lowest BCUT2D eigenvalue weighted by atomic mass is 9.82. The Balaban J connectivity index is 2.06. The summed E-state index contributed by atoms with van der Waals surface area (Å²) in [6.45, 7) is 6.40. The van der Waals surface area contributed by atoms with Crippen LogP contribution in [0.25, 0.3) is 0 Å². The number of halogens is 1. The highest BCUT2D eigenvalue weighted by molar-refractivity contribution is 6.09. The van der Waals surface area contributed by atoms with Gasteiger partial charge in [0, 0.05) is 17.2 Å². The minimum absolute atomic E-state index is 0.249. The molecule has 1 heterocycles. The first-order valence-corrected chi connectivity index (χ1v) is 8.49. The van der Waals surface area contributed by atoms with E-state index >= 15 is 0 Å². The van der Waals surface area contributed by atoms with Crippen LogP contribution in [0.3, 0.4) is 0 Å². The molecule has 27 heavy (non-hydrogen) atoms. The van der Waals surface area contributed by atoms with Crippen molar-refractivity contribution in [3.8, 4) is 12.3 Å². The topological polar surface area (TPSA) is 75.1 Å². The fraction of sp³-hybridized carbons (Fsp3) is 0.227. The third-order valence-corrected chi connectivity index (χ3v) is 4.22.